The Bertz CT molecular complexity index is 1290. The lowest BCUT2D eigenvalue weighted by Gasteiger charge is -2.35. The summed E-state index contributed by atoms with van der Waals surface area (Å²) < 4.78 is 7.79. The van der Waals surface area contributed by atoms with Gasteiger partial charge in [-0.1, -0.05) is 42.5 Å². The average Bonchev–Trinajstić information content (AvgIpc) is 3.57. The van der Waals surface area contributed by atoms with E-state index in [9.17, 15) is 14.7 Å². The summed E-state index contributed by atoms with van der Waals surface area (Å²) in [6, 6.07) is 19.1. The van der Waals surface area contributed by atoms with E-state index in [-0.39, 0.29) is 18.0 Å². The van der Waals surface area contributed by atoms with Gasteiger partial charge in [0.05, 0.1) is 18.2 Å². The molecule has 5 rings (SSSR count). The molecule has 2 saturated heterocycles. The van der Waals surface area contributed by atoms with Crippen LogP contribution in [0.2, 0.25) is 0 Å². The van der Waals surface area contributed by atoms with Gasteiger partial charge in [0.15, 0.2) is 0 Å². The monoisotopic (exact) mass is 558 g/mol. The van der Waals surface area contributed by atoms with Gasteiger partial charge in [0, 0.05) is 37.1 Å². The highest BCUT2D eigenvalue weighted by atomic mass is 16.6. The van der Waals surface area contributed by atoms with Gasteiger partial charge in [-0.05, 0) is 88.6 Å². The summed E-state index contributed by atoms with van der Waals surface area (Å²) in [6.45, 7) is 7.03. The van der Waals surface area contributed by atoms with Gasteiger partial charge >= 0.3 is 6.09 Å². The van der Waals surface area contributed by atoms with Crippen LogP contribution in [0.4, 0.5) is 4.79 Å². The highest BCUT2D eigenvalue weighted by molar-refractivity contribution is 5.94. The third-order valence-corrected chi connectivity index (χ3v) is 8.21. The molecule has 2 fully saturated rings. The van der Waals surface area contributed by atoms with Crippen molar-refractivity contribution in [2.45, 2.75) is 89.1 Å². The normalized spacial score (nSPS) is 22.3. The van der Waals surface area contributed by atoms with Gasteiger partial charge in [0.1, 0.15) is 5.60 Å². The van der Waals surface area contributed by atoms with Gasteiger partial charge in [0.25, 0.3) is 5.91 Å². The van der Waals surface area contributed by atoms with Crippen LogP contribution in [0.1, 0.15) is 86.5 Å². The van der Waals surface area contributed by atoms with Crippen molar-refractivity contribution >= 4 is 12.0 Å². The molecule has 0 saturated carbocycles. The third-order valence-electron chi connectivity index (χ3n) is 8.21. The van der Waals surface area contributed by atoms with Crippen molar-refractivity contribution < 1.29 is 19.4 Å². The van der Waals surface area contributed by atoms with Crippen LogP contribution in [-0.2, 0) is 11.2 Å². The van der Waals surface area contributed by atoms with E-state index in [4.69, 9.17) is 4.74 Å². The molecular weight excluding hydrogens is 516 g/mol. The van der Waals surface area contributed by atoms with E-state index < -0.39 is 17.8 Å². The minimum atomic E-state index is -0.796. The summed E-state index contributed by atoms with van der Waals surface area (Å²) in [7, 11) is 0. The second-order valence-electron chi connectivity index (χ2n) is 12.3. The molecular formula is C33H42N4O4. The Kier molecular flexibility index (Phi) is 8.78. The predicted octanol–water partition coefficient (Wildman–Crippen LogP) is 5.79. The molecule has 2 aromatic carbocycles. The van der Waals surface area contributed by atoms with Crippen LogP contribution in [0, 0.1) is 0 Å². The zero-order chi connectivity index (χ0) is 29.0. The lowest BCUT2D eigenvalue weighted by molar-refractivity contribution is -0.00453. The number of amides is 2. The maximum Gasteiger partial charge on any atom is 0.410 e. The standard InChI is InChI=1S/C33H42N4O4/c1-33(2,3)41-32(40)37-28(16-17-29(37)30(38)25-9-5-4-6-10-25)23-24-12-14-26(15-13-24)31(39)35-20-7-11-27(18-22-35)36-21-8-19-34-36/h4-6,8-10,12-15,19,21,27-30,38H,7,11,16-18,20,22-23H2,1-3H3. The zero-order valence-corrected chi connectivity index (χ0v) is 24.4. The number of benzene rings is 2. The SMILES string of the molecule is CC(C)(C)OC(=O)N1C(Cc2ccc(C(=O)N3CCCC(n4cccn4)CC3)cc2)CCC1C(O)c1ccccc1. The smallest absolute Gasteiger partial charge is 0.410 e. The molecule has 41 heavy (non-hydrogen) atoms. The van der Waals surface area contributed by atoms with Crippen molar-refractivity contribution in [2.75, 3.05) is 13.1 Å². The van der Waals surface area contributed by atoms with Crippen molar-refractivity contribution in [1.82, 2.24) is 19.6 Å². The topological polar surface area (TPSA) is 87.9 Å². The van der Waals surface area contributed by atoms with Gasteiger partial charge in [0.2, 0.25) is 0 Å². The summed E-state index contributed by atoms with van der Waals surface area (Å²) in [5.41, 5.74) is 1.88. The van der Waals surface area contributed by atoms with Crippen LogP contribution in [0.25, 0.3) is 0 Å². The molecule has 1 N–H and O–H groups in total. The molecule has 3 aromatic rings. The Morgan fingerprint density at radius 2 is 1.73 bits per heavy atom. The number of likely N-dealkylation sites (tertiary alicyclic amines) is 2. The fourth-order valence-corrected chi connectivity index (χ4v) is 6.18. The Morgan fingerprint density at radius 1 is 0.976 bits per heavy atom. The number of hydrogen-bond acceptors (Lipinski definition) is 5. The Balaban J connectivity index is 1.26. The summed E-state index contributed by atoms with van der Waals surface area (Å²) in [5, 5.41) is 15.6. The Morgan fingerprint density at radius 3 is 2.41 bits per heavy atom. The van der Waals surface area contributed by atoms with E-state index in [0.717, 1.165) is 43.4 Å². The number of aromatic nitrogens is 2. The molecule has 3 heterocycles. The Hall–Kier alpha value is -3.65. The summed E-state index contributed by atoms with van der Waals surface area (Å²) >= 11 is 0. The first-order chi connectivity index (χ1) is 19.7. The minimum Gasteiger partial charge on any atom is -0.444 e. The maximum absolute atomic E-state index is 13.4. The number of rotatable bonds is 6. The van der Waals surface area contributed by atoms with Crippen LogP contribution in [-0.4, -0.2) is 67.5 Å². The fraction of sp³-hybridized carbons (Fsp3) is 0.485. The highest BCUT2D eigenvalue weighted by Crippen LogP contribution is 2.36. The minimum absolute atomic E-state index is 0.0555. The largest absolute Gasteiger partial charge is 0.444 e. The van der Waals surface area contributed by atoms with E-state index in [0.29, 0.717) is 31.0 Å². The van der Waals surface area contributed by atoms with Gasteiger partial charge in [-0.15, -0.1) is 0 Å². The molecule has 218 valence electrons. The molecule has 2 amide bonds. The lowest BCUT2D eigenvalue weighted by Crippen LogP contribution is -2.47. The van der Waals surface area contributed by atoms with Crippen LogP contribution in [0.15, 0.2) is 73.1 Å². The van der Waals surface area contributed by atoms with Gasteiger partial charge in [-0.25, -0.2) is 4.79 Å². The molecule has 0 aliphatic carbocycles. The van der Waals surface area contributed by atoms with Crippen LogP contribution >= 0.6 is 0 Å². The number of aliphatic hydroxyl groups is 1. The number of nitrogens with zero attached hydrogens (tertiary/aromatic N) is 4. The van der Waals surface area contributed by atoms with E-state index in [1.165, 1.54) is 0 Å². The third kappa shape index (κ3) is 6.99. The first kappa shape index (κ1) is 28.9. The molecule has 8 nitrogen and oxygen atoms in total. The fourth-order valence-electron chi connectivity index (χ4n) is 6.18. The quantitative estimate of drug-likeness (QED) is 0.414. The lowest BCUT2D eigenvalue weighted by atomic mass is 10.0. The summed E-state index contributed by atoms with van der Waals surface area (Å²) in [6.07, 6.45) is 7.54. The number of carbonyl (C=O) groups excluding carboxylic acids is 2. The Labute approximate surface area is 242 Å². The van der Waals surface area contributed by atoms with Crippen molar-refractivity contribution in [2.24, 2.45) is 0 Å². The predicted molar refractivity (Wildman–Crippen MR) is 157 cm³/mol. The molecule has 0 bridgehead atoms. The van der Waals surface area contributed by atoms with E-state index >= 15 is 0 Å². The van der Waals surface area contributed by atoms with Crippen molar-refractivity contribution in [3.63, 3.8) is 0 Å². The van der Waals surface area contributed by atoms with Crippen LogP contribution in [0.5, 0.6) is 0 Å². The molecule has 2 aliphatic rings. The molecule has 8 heteroatoms. The van der Waals surface area contributed by atoms with Crippen molar-refractivity contribution in [1.29, 1.82) is 0 Å². The van der Waals surface area contributed by atoms with Crippen molar-refractivity contribution in [3.8, 4) is 0 Å². The highest BCUT2D eigenvalue weighted by Gasteiger charge is 2.43. The first-order valence-corrected chi connectivity index (χ1v) is 14.8. The average molecular weight is 559 g/mol. The molecule has 1 aromatic heterocycles. The zero-order valence-electron chi connectivity index (χ0n) is 24.4. The van der Waals surface area contributed by atoms with Crippen molar-refractivity contribution in [3.05, 3.63) is 89.7 Å². The molecule has 2 aliphatic heterocycles. The number of hydrogen-bond donors (Lipinski definition) is 1. The van der Waals surface area contributed by atoms with Crippen LogP contribution < -0.4 is 0 Å². The second-order valence-corrected chi connectivity index (χ2v) is 12.3. The molecule has 4 unspecified atom stereocenters. The van der Waals surface area contributed by atoms with E-state index in [1.54, 1.807) is 11.1 Å². The van der Waals surface area contributed by atoms with E-state index in [2.05, 4.69) is 5.10 Å². The van der Waals surface area contributed by atoms with Crippen LogP contribution in [0.3, 0.4) is 0 Å². The number of ether oxygens (including phenoxy) is 1. The van der Waals surface area contributed by atoms with Gasteiger partial charge < -0.3 is 14.7 Å². The number of carbonyl (C=O) groups is 2. The molecule has 0 radical (unpaired) electrons. The molecule has 0 spiro atoms. The summed E-state index contributed by atoms with van der Waals surface area (Å²) in [5.74, 6) is 0.0555. The van der Waals surface area contributed by atoms with E-state index in [1.807, 2.05) is 97.2 Å². The van der Waals surface area contributed by atoms with Gasteiger partial charge in [-0.2, -0.15) is 5.10 Å². The van der Waals surface area contributed by atoms with Gasteiger partial charge in [-0.3, -0.25) is 14.4 Å². The molecule has 4 atom stereocenters. The maximum atomic E-state index is 13.4. The second kappa shape index (κ2) is 12.5. The summed E-state index contributed by atoms with van der Waals surface area (Å²) in [4.78, 5) is 30.4. The number of aliphatic hydroxyl groups excluding tert-OH is 1. The first-order valence-electron chi connectivity index (χ1n) is 14.8.